The number of alkyl halides is 6. The SMILES string of the molecule is CCc1c(S)cc(-c2ccc(C(F)(F)F)cc2)nc1-c1nnc(-c2cc(C(F)(F)F)ccn2)n1C. The summed E-state index contributed by atoms with van der Waals surface area (Å²) in [6.07, 6.45) is -7.48. The summed E-state index contributed by atoms with van der Waals surface area (Å²) in [6.45, 7) is 1.86. The number of thiol groups is 1. The van der Waals surface area contributed by atoms with Crippen LogP contribution in [0.2, 0.25) is 0 Å². The second-order valence-electron chi connectivity index (χ2n) is 7.62. The molecule has 182 valence electrons. The number of nitrogens with zero attached hydrogens (tertiary/aromatic N) is 5. The number of benzene rings is 1. The Morgan fingerprint density at radius 3 is 2.06 bits per heavy atom. The zero-order valence-corrected chi connectivity index (χ0v) is 19.2. The van der Waals surface area contributed by atoms with Crippen molar-refractivity contribution in [3.63, 3.8) is 0 Å². The van der Waals surface area contributed by atoms with Crippen molar-refractivity contribution in [2.24, 2.45) is 7.05 Å². The highest BCUT2D eigenvalue weighted by Crippen LogP contribution is 2.35. The molecule has 35 heavy (non-hydrogen) atoms. The van der Waals surface area contributed by atoms with E-state index in [4.69, 9.17) is 0 Å². The predicted octanol–water partition coefficient (Wildman–Crippen LogP) is 6.49. The van der Waals surface area contributed by atoms with Crippen LogP contribution in [0.3, 0.4) is 0 Å². The Bertz CT molecular complexity index is 1380. The quantitative estimate of drug-likeness (QED) is 0.252. The maximum absolute atomic E-state index is 13.1. The highest BCUT2D eigenvalue weighted by Gasteiger charge is 2.32. The zero-order chi connectivity index (χ0) is 25.5. The van der Waals surface area contributed by atoms with Crippen LogP contribution in [0.15, 0.2) is 53.6 Å². The lowest BCUT2D eigenvalue weighted by Crippen LogP contribution is -2.07. The van der Waals surface area contributed by atoms with E-state index >= 15 is 0 Å². The highest BCUT2D eigenvalue weighted by atomic mass is 32.1. The van der Waals surface area contributed by atoms with Crippen molar-refractivity contribution < 1.29 is 26.3 Å². The molecule has 0 unspecified atom stereocenters. The molecule has 0 atom stereocenters. The lowest BCUT2D eigenvalue weighted by molar-refractivity contribution is -0.138. The summed E-state index contributed by atoms with van der Waals surface area (Å²) in [6, 6.07) is 7.91. The molecule has 0 fully saturated rings. The highest BCUT2D eigenvalue weighted by molar-refractivity contribution is 7.80. The fraction of sp³-hybridized carbons (Fsp3) is 0.217. The third kappa shape index (κ3) is 4.88. The van der Waals surface area contributed by atoms with E-state index in [1.54, 1.807) is 13.1 Å². The van der Waals surface area contributed by atoms with Gasteiger partial charge in [-0.05, 0) is 42.3 Å². The molecule has 4 aromatic rings. The van der Waals surface area contributed by atoms with Crippen molar-refractivity contribution in [3.8, 4) is 34.3 Å². The van der Waals surface area contributed by atoms with Gasteiger partial charge in [-0.25, -0.2) is 4.98 Å². The number of rotatable bonds is 4. The number of halogens is 6. The first-order valence-corrected chi connectivity index (χ1v) is 10.7. The van der Waals surface area contributed by atoms with Crippen LogP contribution in [0.4, 0.5) is 26.3 Å². The summed E-state index contributed by atoms with van der Waals surface area (Å²) < 4.78 is 79.7. The summed E-state index contributed by atoms with van der Waals surface area (Å²) in [5.41, 5.74) is 0.165. The van der Waals surface area contributed by atoms with E-state index in [0.29, 0.717) is 33.8 Å². The van der Waals surface area contributed by atoms with Gasteiger partial charge in [-0.2, -0.15) is 26.3 Å². The first kappa shape index (κ1) is 24.7. The van der Waals surface area contributed by atoms with E-state index in [0.717, 1.165) is 30.5 Å². The van der Waals surface area contributed by atoms with E-state index in [1.165, 1.54) is 16.7 Å². The average molecular weight is 509 g/mol. The Kier molecular flexibility index (Phi) is 6.34. The van der Waals surface area contributed by atoms with Crippen molar-refractivity contribution in [1.82, 2.24) is 24.7 Å². The molecule has 0 radical (unpaired) electrons. The molecule has 4 rings (SSSR count). The van der Waals surface area contributed by atoms with Crippen LogP contribution < -0.4 is 0 Å². The van der Waals surface area contributed by atoms with Crippen molar-refractivity contribution in [2.75, 3.05) is 0 Å². The summed E-state index contributed by atoms with van der Waals surface area (Å²) in [5, 5.41) is 8.16. The van der Waals surface area contributed by atoms with Gasteiger partial charge < -0.3 is 4.57 Å². The molecular weight excluding hydrogens is 492 g/mol. The molecule has 0 saturated heterocycles. The molecule has 0 aliphatic heterocycles. The second-order valence-corrected chi connectivity index (χ2v) is 8.10. The standard InChI is InChI=1S/C23H17F6N5S/c1-3-15-18(35)11-16(12-4-6-13(7-5-12)22(24,25)26)31-19(15)21-33-32-20(34(21)2)17-10-14(8-9-30-17)23(27,28)29/h4-11H,3H2,1-2H3,(H,31,35). The molecule has 0 spiro atoms. The summed E-state index contributed by atoms with van der Waals surface area (Å²) in [5.74, 6) is 0.343. The Labute approximate surface area is 201 Å². The van der Waals surface area contributed by atoms with Crippen LogP contribution in [0.1, 0.15) is 23.6 Å². The molecule has 1 aromatic carbocycles. The van der Waals surface area contributed by atoms with Crippen LogP contribution in [0, 0.1) is 0 Å². The van der Waals surface area contributed by atoms with Crippen LogP contribution >= 0.6 is 12.6 Å². The molecular formula is C23H17F6N5S. The number of pyridine rings is 2. The van der Waals surface area contributed by atoms with Gasteiger partial charge in [0.25, 0.3) is 0 Å². The minimum absolute atomic E-state index is 0.0240. The van der Waals surface area contributed by atoms with Gasteiger partial charge in [-0.1, -0.05) is 19.1 Å². The van der Waals surface area contributed by atoms with Gasteiger partial charge in [-0.3, -0.25) is 4.98 Å². The monoisotopic (exact) mass is 509 g/mol. The van der Waals surface area contributed by atoms with Crippen LogP contribution in [-0.4, -0.2) is 24.7 Å². The largest absolute Gasteiger partial charge is 0.416 e. The van der Waals surface area contributed by atoms with Crippen molar-refractivity contribution >= 4 is 12.6 Å². The van der Waals surface area contributed by atoms with Gasteiger partial charge in [0, 0.05) is 23.7 Å². The molecule has 3 heterocycles. The fourth-order valence-electron chi connectivity index (χ4n) is 3.56. The van der Waals surface area contributed by atoms with Crippen molar-refractivity contribution in [3.05, 3.63) is 65.4 Å². The van der Waals surface area contributed by atoms with Gasteiger partial charge in [0.15, 0.2) is 11.6 Å². The number of hydrogen-bond acceptors (Lipinski definition) is 5. The Morgan fingerprint density at radius 1 is 0.829 bits per heavy atom. The number of hydrogen-bond donors (Lipinski definition) is 1. The fourth-order valence-corrected chi connectivity index (χ4v) is 3.94. The molecule has 0 bridgehead atoms. The van der Waals surface area contributed by atoms with Gasteiger partial charge in [0.2, 0.25) is 0 Å². The maximum Gasteiger partial charge on any atom is 0.416 e. The molecule has 5 nitrogen and oxygen atoms in total. The summed E-state index contributed by atoms with van der Waals surface area (Å²) in [4.78, 5) is 9.14. The molecule has 12 heteroatoms. The Morgan fingerprint density at radius 2 is 1.46 bits per heavy atom. The summed E-state index contributed by atoms with van der Waals surface area (Å²) >= 11 is 4.53. The molecule has 0 saturated carbocycles. The minimum Gasteiger partial charge on any atom is -0.308 e. The van der Waals surface area contributed by atoms with E-state index in [1.807, 2.05) is 6.92 Å². The lowest BCUT2D eigenvalue weighted by atomic mass is 10.0. The topological polar surface area (TPSA) is 56.5 Å². The van der Waals surface area contributed by atoms with E-state index in [2.05, 4.69) is 32.8 Å². The minimum atomic E-state index is -4.55. The van der Waals surface area contributed by atoms with Crippen LogP contribution in [0.5, 0.6) is 0 Å². The van der Waals surface area contributed by atoms with Gasteiger partial charge >= 0.3 is 12.4 Å². The van der Waals surface area contributed by atoms with Gasteiger partial charge in [0.1, 0.15) is 11.4 Å². The van der Waals surface area contributed by atoms with Gasteiger partial charge in [0.05, 0.1) is 16.8 Å². The molecule has 3 aromatic heterocycles. The normalized spacial score (nSPS) is 12.3. The smallest absolute Gasteiger partial charge is 0.308 e. The first-order valence-electron chi connectivity index (χ1n) is 10.2. The van der Waals surface area contributed by atoms with Crippen LogP contribution in [0.25, 0.3) is 34.3 Å². The number of aromatic nitrogens is 5. The predicted molar refractivity (Wildman–Crippen MR) is 120 cm³/mol. The second kappa shape index (κ2) is 8.99. The molecule has 0 N–H and O–H groups in total. The van der Waals surface area contributed by atoms with E-state index in [9.17, 15) is 26.3 Å². The zero-order valence-electron chi connectivity index (χ0n) is 18.3. The van der Waals surface area contributed by atoms with E-state index < -0.39 is 23.5 Å². The van der Waals surface area contributed by atoms with Gasteiger partial charge in [-0.15, -0.1) is 22.8 Å². The lowest BCUT2D eigenvalue weighted by Gasteiger charge is -2.13. The Balaban J connectivity index is 1.81. The summed E-state index contributed by atoms with van der Waals surface area (Å²) in [7, 11) is 1.57. The molecule has 0 amide bonds. The Hall–Kier alpha value is -3.41. The van der Waals surface area contributed by atoms with E-state index in [-0.39, 0.29) is 17.3 Å². The molecule has 0 aliphatic rings. The third-order valence-corrected chi connectivity index (χ3v) is 5.76. The van der Waals surface area contributed by atoms with Crippen molar-refractivity contribution in [2.45, 2.75) is 30.6 Å². The van der Waals surface area contributed by atoms with Crippen molar-refractivity contribution in [1.29, 1.82) is 0 Å². The third-order valence-electron chi connectivity index (χ3n) is 5.37. The first-order chi connectivity index (χ1) is 16.4. The molecule has 0 aliphatic carbocycles. The maximum atomic E-state index is 13.1. The average Bonchev–Trinajstić information content (AvgIpc) is 3.18. The van der Waals surface area contributed by atoms with Crippen LogP contribution in [-0.2, 0) is 25.8 Å².